The Morgan fingerprint density at radius 2 is 2.12 bits per heavy atom. The first-order valence-corrected chi connectivity index (χ1v) is 7.36. The lowest BCUT2D eigenvalue weighted by molar-refractivity contribution is -0.386. The molecule has 0 amide bonds. The van der Waals surface area contributed by atoms with E-state index in [-0.39, 0.29) is 17.1 Å². The van der Waals surface area contributed by atoms with Gasteiger partial charge in [-0.05, 0) is 37.6 Å². The number of aryl methyl sites for hydroxylation is 1. The molecule has 0 unspecified atom stereocenters. The molecule has 1 aromatic heterocycles. The fourth-order valence-electron chi connectivity index (χ4n) is 2.05. The van der Waals surface area contributed by atoms with Crippen LogP contribution in [0.3, 0.4) is 0 Å². The van der Waals surface area contributed by atoms with Crippen molar-refractivity contribution in [3.63, 3.8) is 0 Å². The number of nitro groups is 1. The van der Waals surface area contributed by atoms with Gasteiger partial charge in [-0.25, -0.2) is 0 Å². The van der Waals surface area contributed by atoms with Crippen molar-refractivity contribution in [1.82, 2.24) is 5.16 Å². The second kappa shape index (κ2) is 7.96. The smallest absolute Gasteiger partial charge is 0.338 e. The molecule has 1 aromatic carbocycles. The lowest BCUT2D eigenvalue weighted by Crippen LogP contribution is -1.99. The maximum atomic E-state index is 11.0. The molecule has 0 radical (unpaired) electrons. The van der Waals surface area contributed by atoms with Crippen molar-refractivity contribution < 1.29 is 18.9 Å². The van der Waals surface area contributed by atoms with Crippen LogP contribution in [0.5, 0.6) is 11.5 Å². The van der Waals surface area contributed by atoms with Crippen LogP contribution in [0.2, 0.25) is 0 Å². The van der Waals surface area contributed by atoms with E-state index in [0.717, 1.165) is 5.56 Å². The van der Waals surface area contributed by atoms with Gasteiger partial charge in [0.2, 0.25) is 5.76 Å². The monoisotopic (exact) mass is 330 g/mol. The van der Waals surface area contributed by atoms with Crippen molar-refractivity contribution >= 4 is 17.8 Å². The molecule has 0 saturated carbocycles. The first-order valence-electron chi connectivity index (χ1n) is 7.36. The van der Waals surface area contributed by atoms with Crippen molar-refractivity contribution in [1.29, 1.82) is 0 Å². The predicted octanol–water partition coefficient (Wildman–Crippen LogP) is 4.03. The third kappa shape index (κ3) is 4.01. The molecule has 0 saturated heterocycles. The van der Waals surface area contributed by atoms with Gasteiger partial charge in [-0.2, -0.15) is 0 Å². The van der Waals surface area contributed by atoms with Gasteiger partial charge < -0.3 is 14.0 Å². The lowest BCUT2D eigenvalue weighted by Gasteiger charge is -2.11. The van der Waals surface area contributed by atoms with Gasteiger partial charge in [-0.3, -0.25) is 10.1 Å². The molecule has 0 atom stereocenters. The summed E-state index contributed by atoms with van der Waals surface area (Å²) in [5, 5.41) is 14.6. The maximum absolute atomic E-state index is 11.0. The largest absolute Gasteiger partial charge is 0.490 e. The molecule has 2 aromatic rings. The highest BCUT2D eigenvalue weighted by Crippen LogP contribution is 2.30. The first kappa shape index (κ1) is 17.3. The van der Waals surface area contributed by atoms with Gasteiger partial charge in [-0.1, -0.05) is 30.0 Å². The van der Waals surface area contributed by atoms with Crippen LogP contribution in [0.4, 0.5) is 5.69 Å². The molecule has 0 N–H and O–H groups in total. The minimum absolute atomic E-state index is 0.0995. The number of hydrogen-bond acceptors (Lipinski definition) is 6. The van der Waals surface area contributed by atoms with Gasteiger partial charge in [0.15, 0.2) is 17.2 Å². The lowest BCUT2D eigenvalue weighted by atomic mass is 10.1. The predicted molar refractivity (Wildman–Crippen MR) is 90.1 cm³/mol. The van der Waals surface area contributed by atoms with Gasteiger partial charge in [-0.15, -0.1) is 0 Å². The molecule has 1 heterocycles. The fourth-order valence-corrected chi connectivity index (χ4v) is 2.05. The molecule has 7 nitrogen and oxygen atoms in total. The van der Waals surface area contributed by atoms with Crippen LogP contribution >= 0.6 is 0 Å². The van der Waals surface area contributed by atoms with Gasteiger partial charge in [0, 0.05) is 0 Å². The SMILES string of the molecule is C=CCOc1ccc(/C=C\c2onc(C)c2[N+](=O)[O-])cc1OCC. The molecule has 0 fully saturated rings. The van der Waals surface area contributed by atoms with Crippen LogP contribution in [0, 0.1) is 17.0 Å². The molecule has 7 heteroatoms. The van der Waals surface area contributed by atoms with E-state index < -0.39 is 4.92 Å². The Labute approximate surface area is 139 Å². The summed E-state index contributed by atoms with van der Waals surface area (Å²) < 4.78 is 16.1. The van der Waals surface area contributed by atoms with E-state index in [2.05, 4.69) is 11.7 Å². The third-order valence-corrected chi connectivity index (χ3v) is 3.09. The molecule has 0 aliphatic carbocycles. The Bertz CT molecular complexity index is 764. The van der Waals surface area contributed by atoms with Gasteiger partial charge >= 0.3 is 5.69 Å². The zero-order valence-electron chi connectivity index (χ0n) is 13.5. The summed E-state index contributed by atoms with van der Waals surface area (Å²) in [6.07, 6.45) is 4.84. The highest BCUT2D eigenvalue weighted by atomic mass is 16.6. The summed E-state index contributed by atoms with van der Waals surface area (Å²) in [7, 11) is 0. The second-order valence-corrected chi connectivity index (χ2v) is 4.81. The summed E-state index contributed by atoms with van der Waals surface area (Å²) in [6.45, 7) is 7.87. The standard InChI is InChI=1S/C17H18N2O5/c1-4-10-23-14-8-6-13(11-16(14)22-5-2)7-9-15-17(19(20)21)12(3)18-24-15/h4,6-9,11H,1,5,10H2,2-3H3/b9-7-. The summed E-state index contributed by atoms with van der Waals surface area (Å²) in [5.74, 6) is 1.29. The maximum Gasteiger partial charge on any atom is 0.338 e. The number of hydrogen-bond donors (Lipinski definition) is 0. The van der Waals surface area contributed by atoms with Crippen LogP contribution in [0.25, 0.3) is 12.2 Å². The average Bonchev–Trinajstić information content (AvgIpc) is 2.93. The number of aromatic nitrogens is 1. The number of ether oxygens (including phenoxy) is 2. The van der Waals surface area contributed by atoms with E-state index in [0.29, 0.717) is 24.7 Å². The molecule has 0 aliphatic heterocycles. The number of benzene rings is 1. The van der Waals surface area contributed by atoms with E-state index in [4.69, 9.17) is 14.0 Å². The summed E-state index contributed by atoms with van der Waals surface area (Å²) >= 11 is 0. The second-order valence-electron chi connectivity index (χ2n) is 4.81. The summed E-state index contributed by atoms with van der Waals surface area (Å²) in [6, 6.07) is 5.37. The molecule has 0 spiro atoms. The van der Waals surface area contributed by atoms with Crippen molar-refractivity contribution in [2.24, 2.45) is 0 Å². The van der Waals surface area contributed by atoms with E-state index in [9.17, 15) is 10.1 Å². The molecular formula is C17H18N2O5. The highest BCUT2D eigenvalue weighted by Gasteiger charge is 2.21. The summed E-state index contributed by atoms with van der Waals surface area (Å²) in [4.78, 5) is 10.5. The summed E-state index contributed by atoms with van der Waals surface area (Å²) in [5.41, 5.74) is 0.887. The Kier molecular flexibility index (Phi) is 5.73. The Morgan fingerprint density at radius 3 is 2.79 bits per heavy atom. The van der Waals surface area contributed by atoms with Crippen LogP contribution < -0.4 is 9.47 Å². The quantitative estimate of drug-likeness (QED) is 0.412. The minimum Gasteiger partial charge on any atom is -0.490 e. The van der Waals surface area contributed by atoms with E-state index >= 15 is 0 Å². The van der Waals surface area contributed by atoms with Crippen LogP contribution in [0.15, 0.2) is 35.4 Å². The van der Waals surface area contributed by atoms with E-state index in [1.54, 1.807) is 24.3 Å². The van der Waals surface area contributed by atoms with Crippen molar-refractivity contribution in [3.05, 3.63) is 58.0 Å². The van der Waals surface area contributed by atoms with Gasteiger partial charge in [0.05, 0.1) is 11.5 Å². The number of nitrogens with zero attached hydrogens (tertiary/aromatic N) is 2. The van der Waals surface area contributed by atoms with Crippen molar-refractivity contribution in [2.45, 2.75) is 13.8 Å². The normalized spacial score (nSPS) is 10.8. The van der Waals surface area contributed by atoms with Gasteiger partial charge in [0.25, 0.3) is 0 Å². The molecule has 24 heavy (non-hydrogen) atoms. The third-order valence-electron chi connectivity index (χ3n) is 3.09. The molecule has 0 aliphatic rings. The van der Waals surface area contributed by atoms with E-state index in [1.807, 2.05) is 13.0 Å². The Morgan fingerprint density at radius 1 is 1.33 bits per heavy atom. The van der Waals surface area contributed by atoms with Crippen LogP contribution in [-0.4, -0.2) is 23.3 Å². The van der Waals surface area contributed by atoms with Gasteiger partial charge in [0.1, 0.15) is 6.61 Å². The Hall–Kier alpha value is -3.09. The van der Waals surface area contributed by atoms with Crippen molar-refractivity contribution in [2.75, 3.05) is 13.2 Å². The highest BCUT2D eigenvalue weighted by molar-refractivity contribution is 5.72. The molecule has 126 valence electrons. The van der Waals surface area contributed by atoms with E-state index in [1.165, 1.54) is 13.0 Å². The zero-order valence-corrected chi connectivity index (χ0v) is 13.5. The topological polar surface area (TPSA) is 87.6 Å². The van der Waals surface area contributed by atoms with Crippen LogP contribution in [0.1, 0.15) is 23.9 Å². The van der Waals surface area contributed by atoms with Crippen LogP contribution in [-0.2, 0) is 0 Å². The molecule has 0 bridgehead atoms. The van der Waals surface area contributed by atoms with Crippen molar-refractivity contribution in [3.8, 4) is 11.5 Å². The first-order chi connectivity index (χ1) is 11.6. The Balaban J connectivity index is 2.28. The molecule has 2 rings (SSSR count). The number of rotatable bonds is 8. The fraction of sp³-hybridized carbons (Fsp3) is 0.235. The average molecular weight is 330 g/mol. The minimum atomic E-state index is -0.511. The zero-order chi connectivity index (χ0) is 17.5. The molecular weight excluding hydrogens is 312 g/mol.